The minimum atomic E-state index is -0.653. The Morgan fingerprint density at radius 1 is 1.58 bits per heavy atom. The first-order chi connectivity index (χ1) is 9.11. The molecule has 0 saturated carbocycles. The molecule has 0 saturated heterocycles. The van der Waals surface area contributed by atoms with Gasteiger partial charge < -0.3 is 10.8 Å². The number of hydrogen-bond donors (Lipinski definition) is 3. The second kappa shape index (κ2) is 5.53. The number of thiazole rings is 1. The first-order valence-electron chi connectivity index (χ1n) is 5.60. The highest BCUT2D eigenvalue weighted by molar-refractivity contribution is 7.13. The van der Waals surface area contributed by atoms with Crippen molar-refractivity contribution in [1.29, 1.82) is 0 Å². The van der Waals surface area contributed by atoms with E-state index >= 15 is 0 Å². The van der Waals surface area contributed by atoms with Crippen LogP contribution in [0, 0.1) is 0 Å². The molecule has 2 rings (SSSR count). The van der Waals surface area contributed by atoms with Crippen LogP contribution >= 0.6 is 11.3 Å². The van der Waals surface area contributed by atoms with Crippen molar-refractivity contribution in [3.8, 4) is 17.0 Å². The molecule has 1 aromatic heterocycles. The summed E-state index contributed by atoms with van der Waals surface area (Å²) in [5.41, 5.74) is 6.94. The van der Waals surface area contributed by atoms with Gasteiger partial charge in [0, 0.05) is 10.9 Å². The normalized spacial score (nSPS) is 10.1. The number of nitrogens with two attached hydrogens (primary N) is 1. The number of benzene rings is 1. The lowest BCUT2D eigenvalue weighted by Gasteiger charge is -2.01. The number of carbonyl (C=O) groups is 1. The van der Waals surface area contributed by atoms with Gasteiger partial charge in [-0.15, -0.1) is 0 Å². The topological polar surface area (TPSA) is 89.5 Å². The fourth-order valence-corrected chi connectivity index (χ4v) is 2.36. The average Bonchev–Trinajstić information content (AvgIpc) is 2.85. The van der Waals surface area contributed by atoms with Gasteiger partial charge in [-0.05, 0) is 18.2 Å². The number of aromatic hydroxyl groups is 1. The van der Waals surface area contributed by atoms with E-state index in [1.165, 1.54) is 17.4 Å². The molecule has 0 aliphatic heterocycles. The molecule has 0 radical (unpaired) electrons. The zero-order valence-electron chi connectivity index (χ0n) is 10.1. The molecule has 0 unspecified atom stereocenters. The van der Waals surface area contributed by atoms with Crippen LogP contribution in [0.4, 0.5) is 5.13 Å². The number of aromatic nitrogens is 1. The monoisotopic (exact) mass is 276 g/mol. The summed E-state index contributed by atoms with van der Waals surface area (Å²) in [6.07, 6.45) is 1.76. The number of aromatic amines is 1. The molecule has 0 bridgehead atoms. The molecule has 0 fully saturated rings. The maximum atomic E-state index is 11.2. The summed E-state index contributed by atoms with van der Waals surface area (Å²) < 4.78 is 0. The summed E-state index contributed by atoms with van der Waals surface area (Å²) in [4.78, 5) is 14.4. The smallest absolute Gasteiger partial charge is 0.332 e. The van der Waals surface area contributed by atoms with E-state index < -0.39 is 5.91 Å². The predicted molar refractivity (Wildman–Crippen MR) is 75.2 cm³/mol. The number of amides is 1. The molecule has 1 aromatic carbocycles. The van der Waals surface area contributed by atoms with Crippen molar-refractivity contribution >= 4 is 22.4 Å². The van der Waals surface area contributed by atoms with Crippen molar-refractivity contribution in [1.82, 2.24) is 0 Å². The number of rotatable bonds is 5. The number of carbonyl (C=O) groups excluding carboxylic acids is 1. The van der Waals surface area contributed by atoms with Crippen LogP contribution in [-0.4, -0.2) is 17.6 Å². The van der Waals surface area contributed by atoms with E-state index in [9.17, 15) is 9.90 Å². The first-order valence-corrected chi connectivity index (χ1v) is 6.48. The number of H-pyrrole nitrogens is 1. The third kappa shape index (κ3) is 2.92. The Hall–Kier alpha value is -2.34. The van der Waals surface area contributed by atoms with Crippen molar-refractivity contribution in [2.24, 2.45) is 5.73 Å². The molecule has 0 aliphatic carbocycles. The van der Waals surface area contributed by atoms with Crippen molar-refractivity contribution in [2.75, 3.05) is 11.9 Å². The maximum Gasteiger partial charge on any atom is 0.332 e. The van der Waals surface area contributed by atoms with E-state index in [2.05, 4.69) is 16.9 Å². The van der Waals surface area contributed by atoms with Crippen LogP contribution in [0.3, 0.4) is 0 Å². The second-order valence-corrected chi connectivity index (χ2v) is 4.75. The van der Waals surface area contributed by atoms with E-state index in [1.807, 2.05) is 5.38 Å². The van der Waals surface area contributed by atoms with Crippen LogP contribution in [0.5, 0.6) is 5.75 Å². The number of hydrogen-bond acceptors (Lipinski definition) is 4. The third-order valence-corrected chi connectivity index (χ3v) is 3.36. The number of primary amides is 1. The van der Waals surface area contributed by atoms with Crippen LogP contribution < -0.4 is 16.0 Å². The zero-order chi connectivity index (χ0) is 13.8. The number of nitrogens with one attached hydrogen (secondary N) is 2. The summed E-state index contributed by atoms with van der Waals surface area (Å²) in [5.74, 6) is -0.768. The quantitative estimate of drug-likeness (QED) is 0.725. The van der Waals surface area contributed by atoms with E-state index in [-0.39, 0.29) is 11.3 Å². The van der Waals surface area contributed by atoms with Gasteiger partial charge in [-0.1, -0.05) is 24.0 Å². The standard InChI is InChI=1S/C13H13N3O2S/c1-2-5-15-13-16-10(7-19-13)8-3-4-11(17)9(6-8)12(14)18/h2-4,6-7,17H,1,5H2,(H2,14,18)(H,15,16)/p+1. The second-order valence-electron chi connectivity index (χ2n) is 3.87. The van der Waals surface area contributed by atoms with Gasteiger partial charge in [-0.2, -0.15) is 0 Å². The Balaban J connectivity index is 2.31. The highest BCUT2D eigenvalue weighted by atomic mass is 32.1. The summed E-state index contributed by atoms with van der Waals surface area (Å²) in [6, 6.07) is 4.74. The van der Waals surface area contributed by atoms with Gasteiger partial charge in [0.15, 0.2) is 0 Å². The van der Waals surface area contributed by atoms with Gasteiger partial charge in [-0.25, -0.2) is 4.98 Å². The van der Waals surface area contributed by atoms with Gasteiger partial charge in [0.1, 0.15) is 18.0 Å². The molecule has 19 heavy (non-hydrogen) atoms. The number of anilines is 1. The van der Waals surface area contributed by atoms with Crippen LogP contribution in [0.15, 0.2) is 36.2 Å². The van der Waals surface area contributed by atoms with Crippen molar-refractivity contribution < 1.29 is 14.9 Å². The van der Waals surface area contributed by atoms with E-state index in [4.69, 9.17) is 5.73 Å². The van der Waals surface area contributed by atoms with Gasteiger partial charge in [0.2, 0.25) is 0 Å². The summed E-state index contributed by atoms with van der Waals surface area (Å²) >= 11 is 1.51. The van der Waals surface area contributed by atoms with Crippen LogP contribution in [0.25, 0.3) is 11.3 Å². The molecule has 5 N–H and O–H groups in total. The maximum absolute atomic E-state index is 11.2. The Bertz CT molecular complexity index is 622. The lowest BCUT2D eigenvalue weighted by atomic mass is 10.1. The first kappa shape index (κ1) is 13.1. The Morgan fingerprint density at radius 2 is 2.37 bits per heavy atom. The lowest BCUT2D eigenvalue weighted by Crippen LogP contribution is -2.12. The lowest BCUT2D eigenvalue weighted by molar-refractivity contribution is -0.341. The van der Waals surface area contributed by atoms with Crippen molar-refractivity contribution in [3.63, 3.8) is 0 Å². The van der Waals surface area contributed by atoms with Crippen molar-refractivity contribution in [2.45, 2.75) is 0 Å². The van der Waals surface area contributed by atoms with Crippen LogP contribution in [-0.2, 0) is 0 Å². The molecular weight excluding hydrogens is 262 g/mol. The van der Waals surface area contributed by atoms with E-state index in [0.29, 0.717) is 6.54 Å². The van der Waals surface area contributed by atoms with E-state index in [1.54, 1.807) is 18.2 Å². The highest BCUT2D eigenvalue weighted by Crippen LogP contribution is 2.25. The molecule has 0 aliphatic rings. The molecule has 6 heteroatoms. The molecular formula is C13H14N3O2S+. The molecule has 5 nitrogen and oxygen atoms in total. The molecule has 2 aromatic rings. The highest BCUT2D eigenvalue weighted by Gasteiger charge is 2.13. The summed E-state index contributed by atoms with van der Waals surface area (Å²) in [6.45, 7) is 4.30. The fraction of sp³-hybridized carbons (Fsp3) is 0.0769. The molecule has 1 amide bonds. The number of phenols is 1. The molecule has 1 heterocycles. The largest absolute Gasteiger partial charge is 0.507 e. The van der Waals surface area contributed by atoms with Gasteiger partial charge in [0.25, 0.3) is 5.91 Å². The van der Waals surface area contributed by atoms with Gasteiger partial charge >= 0.3 is 5.13 Å². The Kier molecular flexibility index (Phi) is 3.82. The summed E-state index contributed by atoms with van der Waals surface area (Å²) in [5, 5.41) is 15.5. The van der Waals surface area contributed by atoms with E-state index in [0.717, 1.165) is 16.4 Å². The SMILES string of the molecule is C=CCNc1[nH+]c(-c2ccc(O)c(C(N)=O)c2)cs1. The van der Waals surface area contributed by atoms with Gasteiger partial charge in [0.05, 0.1) is 5.56 Å². The Morgan fingerprint density at radius 3 is 3.05 bits per heavy atom. The fourth-order valence-electron chi connectivity index (χ4n) is 1.59. The molecule has 98 valence electrons. The van der Waals surface area contributed by atoms with Crippen LogP contribution in [0.2, 0.25) is 0 Å². The minimum Gasteiger partial charge on any atom is -0.507 e. The molecule has 0 spiro atoms. The third-order valence-electron chi connectivity index (χ3n) is 2.52. The predicted octanol–water partition coefficient (Wildman–Crippen LogP) is 1.63. The molecule has 0 atom stereocenters. The minimum absolute atomic E-state index is 0.109. The van der Waals surface area contributed by atoms with Crippen LogP contribution in [0.1, 0.15) is 10.4 Å². The zero-order valence-corrected chi connectivity index (χ0v) is 11.0. The van der Waals surface area contributed by atoms with Gasteiger partial charge in [-0.3, -0.25) is 10.1 Å². The average molecular weight is 276 g/mol. The summed E-state index contributed by atoms with van der Waals surface area (Å²) in [7, 11) is 0. The van der Waals surface area contributed by atoms with Crippen molar-refractivity contribution in [3.05, 3.63) is 41.8 Å². The Labute approximate surface area is 114 Å².